The highest BCUT2D eigenvalue weighted by atomic mass is 35.5. The molecule has 0 amide bonds. The third-order valence-corrected chi connectivity index (χ3v) is 7.39. The molecule has 1 N–H and O–H groups in total. The number of nitrogens with one attached hydrogen (secondary N) is 1. The monoisotopic (exact) mass is 547 g/mol. The first-order valence-electron chi connectivity index (χ1n) is 12.5. The Hall–Kier alpha value is -3.54. The number of para-hydroxylation sites is 1. The lowest BCUT2D eigenvalue weighted by atomic mass is 9.72. The van der Waals surface area contributed by atoms with Gasteiger partial charge in [0.05, 0.1) is 5.57 Å². The molecule has 7 heteroatoms. The van der Waals surface area contributed by atoms with Crippen LogP contribution in [0.4, 0.5) is 0 Å². The Labute approximate surface area is 232 Å². The van der Waals surface area contributed by atoms with Gasteiger partial charge in [-0.1, -0.05) is 65.7 Å². The largest absolute Gasteiger partial charge is 0.490 e. The summed E-state index contributed by atoms with van der Waals surface area (Å²) >= 11 is 12.4. The highest BCUT2D eigenvalue weighted by Crippen LogP contribution is 2.46. The maximum atomic E-state index is 13.7. The van der Waals surface area contributed by atoms with Crippen molar-refractivity contribution in [3.05, 3.63) is 123 Å². The maximum absolute atomic E-state index is 13.7. The van der Waals surface area contributed by atoms with Gasteiger partial charge in [-0.2, -0.15) is 0 Å². The third kappa shape index (κ3) is 5.64. The average molecular weight is 548 g/mol. The summed E-state index contributed by atoms with van der Waals surface area (Å²) in [6.07, 6.45) is 0.982. The minimum absolute atomic E-state index is 0.00566. The van der Waals surface area contributed by atoms with Gasteiger partial charge < -0.3 is 14.8 Å². The quantitative estimate of drug-likeness (QED) is 0.255. The zero-order valence-corrected chi connectivity index (χ0v) is 22.4. The molecule has 0 saturated carbocycles. The van der Waals surface area contributed by atoms with Crippen LogP contribution in [0.25, 0.3) is 0 Å². The summed E-state index contributed by atoms with van der Waals surface area (Å²) in [6.45, 7) is 2.13. The number of esters is 1. The predicted molar refractivity (Wildman–Crippen MR) is 148 cm³/mol. The molecule has 3 aromatic carbocycles. The number of hydrogen-bond acceptors (Lipinski definition) is 5. The van der Waals surface area contributed by atoms with Gasteiger partial charge in [-0.3, -0.25) is 4.79 Å². The minimum atomic E-state index is -0.578. The SMILES string of the molecule is CC1=C(C(=O)OCCOc2ccccc2)[C@H](c2cccc(Cl)c2)C2=C(C[C@@H](c3ccc(Cl)cc3)CC2=O)N1. The molecule has 3 aromatic rings. The fourth-order valence-electron chi connectivity index (χ4n) is 5.19. The molecule has 5 nitrogen and oxygen atoms in total. The molecule has 194 valence electrons. The molecule has 0 spiro atoms. The van der Waals surface area contributed by atoms with Crippen LogP contribution in [-0.2, 0) is 14.3 Å². The summed E-state index contributed by atoms with van der Waals surface area (Å²) in [5, 5.41) is 4.56. The Morgan fingerprint density at radius 3 is 2.39 bits per heavy atom. The molecule has 2 aliphatic rings. The summed E-state index contributed by atoms with van der Waals surface area (Å²) in [6, 6.07) is 24.3. The van der Waals surface area contributed by atoms with E-state index in [1.807, 2.05) is 73.7 Å². The van der Waals surface area contributed by atoms with Crippen molar-refractivity contribution in [1.29, 1.82) is 0 Å². The maximum Gasteiger partial charge on any atom is 0.336 e. The van der Waals surface area contributed by atoms with Crippen molar-refractivity contribution < 1.29 is 19.1 Å². The molecule has 1 heterocycles. The molecular weight excluding hydrogens is 521 g/mol. The number of benzene rings is 3. The van der Waals surface area contributed by atoms with Crippen LogP contribution in [0.15, 0.2) is 101 Å². The van der Waals surface area contributed by atoms with Gasteiger partial charge >= 0.3 is 5.97 Å². The highest BCUT2D eigenvalue weighted by Gasteiger charge is 2.41. The standard InChI is InChI=1S/C31H27Cl2NO4/c1-19-28(31(36)38-15-14-37-25-8-3-2-4-9-25)29(21-6-5-7-24(33)16-21)30-26(34-19)17-22(18-27(30)35)20-10-12-23(32)13-11-20/h2-13,16,22,29,34H,14-15,17-18H2,1H3/t22-,29+/m1/s1. The Balaban J connectivity index is 1.41. The van der Waals surface area contributed by atoms with Gasteiger partial charge in [0, 0.05) is 39.4 Å². The van der Waals surface area contributed by atoms with Crippen LogP contribution >= 0.6 is 23.2 Å². The van der Waals surface area contributed by atoms with Crippen molar-refractivity contribution in [1.82, 2.24) is 5.32 Å². The molecule has 2 atom stereocenters. The van der Waals surface area contributed by atoms with Gasteiger partial charge in [-0.05, 0) is 66.8 Å². The first-order valence-corrected chi connectivity index (χ1v) is 13.3. The molecule has 0 aromatic heterocycles. The van der Waals surface area contributed by atoms with E-state index in [1.165, 1.54) is 0 Å². The topological polar surface area (TPSA) is 64.6 Å². The molecule has 0 radical (unpaired) electrons. The van der Waals surface area contributed by atoms with Crippen LogP contribution < -0.4 is 10.1 Å². The molecule has 0 saturated heterocycles. The molecule has 0 unspecified atom stereocenters. The van der Waals surface area contributed by atoms with E-state index in [0.717, 1.165) is 16.8 Å². The van der Waals surface area contributed by atoms with E-state index in [0.29, 0.717) is 45.5 Å². The van der Waals surface area contributed by atoms with Crippen molar-refractivity contribution in [2.75, 3.05) is 13.2 Å². The van der Waals surface area contributed by atoms with Gasteiger partial charge in [-0.15, -0.1) is 0 Å². The molecule has 5 rings (SSSR count). The number of carbonyl (C=O) groups is 2. The van der Waals surface area contributed by atoms with Gasteiger partial charge in [0.15, 0.2) is 5.78 Å². The lowest BCUT2D eigenvalue weighted by molar-refractivity contribution is -0.140. The first-order chi connectivity index (χ1) is 18.4. The lowest BCUT2D eigenvalue weighted by Gasteiger charge is -2.36. The van der Waals surface area contributed by atoms with E-state index in [4.69, 9.17) is 32.7 Å². The van der Waals surface area contributed by atoms with E-state index in [1.54, 1.807) is 12.1 Å². The smallest absolute Gasteiger partial charge is 0.336 e. The van der Waals surface area contributed by atoms with Crippen molar-refractivity contribution in [2.45, 2.75) is 31.6 Å². The van der Waals surface area contributed by atoms with E-state index in [-0.39, 0.29) is 24.9 Å². The second-order valence-corrected chi connectivity index (χ2v) is 10.3. The normalized spacial score (nSPS) is 19.1. The van der Waals surface area contributed by atoms with E-state index in [9.17, 15) is 9.59 Å². The number of Topliss-reactive ketones (excluding diaryl/α,β-unsaturated/α-hetero) is 1. The fraction of sp³-hybridized carbons (Fsp3) is 0.226. The van der Waals surface area contributed by atoms with Crippen LogP contribution in [0.3, 0.4) is 0 Å². The summed E-state index contributed by atoms with van der Waals surface area (Å²) < 4.78 is 11.3. The predicted octanol–water partition coefficient (Wildman–Crippen LogP) is 6.98. The molecule has 38 heavy (non-hydrogen) atoms. The first kappa shape index (κ1) is 26.1. The molecule has 1 aliphatic carbocycles. The van der Waals surface area contributed by atoms with Gasteiger partial charge in [0.2, 0.25) is 0 Å². The summed E-state index contributed by atoms with van der Waals surface area (Å²) in [4.78, 5) is 27.1. The van der Waals surface area contributed by atoms with E-state index in [2.05, 4.69) is 5.32 Å². The number of dihydropyridines is 1. The Morgan fingerprint density at radius 2 is 1.66 bits per heavy atom. The number of ether oxygens (including phenoxy) is 2. The van der Waals surface area contributed by atoms with Gasteiger partial charge in [-0.25, -0.2) is 4.79 Å². The Bertz CT molecular complexity index is 1410. The molecule has 1 aliphatic heterocycles. The van der Waals surface area contributed by atoms with E-state index >= 15 is 0 Å². The molecular formula is C31H27Cl2NO4. The molecule has 0 bridgehead atoms. The summed E-state index contributed by atoms with van der Waals surface area (Å²) in [5.74, 6) is -0.355. The summed E-state index contributed by atoms with van der Waals surface area (Å²) in [7, 11) is 0. The zero-order valence-electron chi connectivity index (χ0n) is 20.9. The fourth-order valence-corrected chi connectivity index (χ4v) is 5.51. The van der Waals surface area contributed by atoms with Crippen molar-refractivity contribution >= 4 is 35.0 Å². The van der Waals surface area contributed by atoms with Crippen LogP contribution in [-0.4, -0.2) is 25.0 Å². The molecule has 0 fully saturated rings. The Kier molecular flexibility index (Phi) is 7.87. The van der Waals surface area contributed by atoms with Crippen molar-refractivity contribution in [3.63, 3.8) is 0 Å². The van der Waals surface area contributed by atoms with Crippen LogP contribution in [0.2, 0.25) is 10.0 Å². The minimum Gasteiger partial charge on any atom is -0.490 e. The number of rotatable bonds is 7. The second-order valence-electron chi connectivity index (χ2n) is 9.42. The van der Waals surface area contributed by atoms with Crippen molar-refractivity contribution in [2.24, 2.45) is 0 Å². The summed E-state index contributed by atoms with van der Waals surface area (Å²) in [5.41, 5.74) is 4.32. The van der Waals surface area contributed by atoms with Gasteiger partial charge in [0.1, 0.15) is 19.0 Å². The average Bonchev–Trinajstić information content (AvgIpc) is 2.91. The van der Waals surface area contributed by atoms with Crippen LogP contribution in [0, 0.1) is 0 Å². The van der Waals surface area contributed by atoms with Gasteiger partial charge in [0.25, 0.3) is 0 Å². The van der Waals surface area contributed by atoms with Crippen LogP contribution in [0.1, 0.15) is 42.7 Å². The number of allylic oxidation sites excluding steroid dienone is 3. The van der Waals surface area contributed by atoms with E-state index < -0.39 is 11.9 Å². The number of carbonyl (C=O) groups excluding carboxylic acids is 2. The third-order valence-electron chi connectivity index (χ3n) is 6.90. The second kappa shape index (κ2) is 11.5. The zero-order chi connectivity index (χ0) is 26.6. The lowest BCUT2D eigenvalue weighted by Crippen LogP contribution is -2.36. The Morgan fingerprint density at radius 1 is 0.895 bits per heavy atom. The number of halogens is 2. The van der Waals surface area contributed by atoms with Crippen LogP contribution in [0.5, 0.6) is 5.75 Å². The number of hydrogen-bond donors (Lipinski definition) is 1. The van der Waals surface area contributed by atoms with Crippen molar-refractivity contribution in [3.8, 4) is 5.75 Å². The number of ketones is 1. The highest BCUT2D eigenvalue weighted by molar-refractivity contribution is 6.30.